The second kappa shape index (κ2) is 9.99. The van der Waals surface area contributed by atoms with Crippen LogP contribution in [0.2, 0.25) is 5.02 Å². The zero-order valence-electron chi connectivity index (χ0n) is 19.1. The number of anilines is 2. The first-order valence-electron chi connectivity index (χ1n) is 11.3. The van der Waals surface area contributed by atoms with Crippen LogP contribution in [-0.4, -0.2) is 64.9 Å². The van der Waals surface area contributed by atoms with Gasteiger partial charge in [-0.05, 0) is 12.3 Å². The van der Waals surface area contributed by atoms with Crippen LogP contribution in [0.5, 0.6) is 11.8 Å². The molecule has 2 aliphatic heterocycles. The van der Waals surface area contributed by atoms with E-state index in [9.17, 15) is 9.90 Å². The number of aliphatic carboxylic acids is 1. The third-order valence-electron chi connectivity index (χ3n) is 6.63. The van der Waals surface area contributed by atoms with Gasteiger partial charge in [0.05, 0.1) is 42.8 Å². The molecule has 2 aliphatic rings. The van der Waals surface area contributed by atoms with Crippen molar-refractivity contribution in [2.75, 3.05) is 36.5 Å². The molecule has 2 aromatic rings. The van der Waals surface area contributed by atoms with Crippen LogP contribution >= 0.6 is 11.6 Å². The number of nitrogens with zero attached hydrogens (tertiary/aromatic N) is 5. The third kappa shape index (κ3) is 5.24. The first-order valence-corrected chi connectivity index (χ1v) is 11.6. The van der Waals surface area contributed by atoms with Crippen molar-refractivity contribution in [2.24, 2.45) is 11.8 Å². The van der Waals surface area contributed by atoms with E-state index in [1.165, 1.54) is 0 Å². The number of rotatable bonds is 7. The van der Waals surface area contributed by atoms with Crippen LogP contribution in [0.4, 0.5) is 11.5 Å². The van der Waals surface area contributed by atoms with Crippen LogP contribution in [0.15, 0.2) is 24.7 Å². The minimum absolute atomic E-state index is 0.00970. The lowest BCUT2D eigenvalue weighted by molar-refractivity contribution is -0.137. The molecule has 0 unspecified atom stereocenters. The van der Waals surface area contributed by atoms with E-state index in [1.54, 1.807) is 25.7 Å². The number of hydrogen-bond donors (Lipinski definition) is 1. The molecular formula is C23H30ClN5O4. The standard InChI is InChI=1S/C23H30ClN5O4/c1-14-4-7-29(17(14)9-23(30)31)20-11-27-22(12-25-20)33-19-5-6-28(13-15(19)2)18-8-21(32-3)26-10-16(18)24/h8,10-12,14-15,17,19H,4-7,9,13H2,1-3H3,(H,30,31)/t14-,15-,17+,19-/m1/s1. The fourth-order valence-corrected chi connectivity index (χ4v) is 4.96. The van der Waals surface area contributed by atoms with Crippen molar-refractivity contribution in [3.63, 3.8) is 0 Å². The molecule has 10 heteroatoms. The van der Waals surface area contributed by atoms with E-state index in [1.807, 2.05) is 11.0 Å². The summed E-state index contributed by atoms with van der Waals surface area (Å²) < 4.78 is 11.4. The van der Waals surface area contributed by atoms with Gasteiger partial charge in [0.1, 0.15) is 11.9 Å². The predicted molar refractivity (Wildman–Crippen MR) is 125 cm³/mol. The van der Waals surface area contributed by atoms with Crippen molar-refractivity contribution in [3.8, 4) is 11.8 Å². The smallest absolute Gasteiger partial charge is 0.305 e. The molecule has 2 aromatic heterocycles. The van der Waals surface area contributed by atoms with Gasteiger partial charge in [0.2, 0.25) is 11.8 Å². The summed E-state index contributed by atoms with van der Waals surface area (Å²) in [5.74, 6) is 1.47. The third-order valence-corrected chi connectivity index (χ3v) is 6.92. The fourth-order valence-electron chi connectivity index (χ4n) is 4.74. The highest BCUT2D eigenvalue weighted by atomic mass is 35.5. The Morgan fingerprint density at radius 3 is 2.58 bits per heavy atom. The van der Waals surface area contributed by atoms with Crippen LogP contribution in [0.1, 0.15) is 33.1 Å². The van der Waals surface area contributed by atoms with E-state index in [2.05, 4.69) is 33.7 Å². The number of methoxy groups -OCH3 is 1. The highest BCUT2D eigenvalue weighted by Gasteiger charge is 2.34. The number of hydrogen-bond acceptors (Lipinski definition) is 8. The van der Waals surface area contributed by atoms with E-state index in [0.717, 1.165) is 38.2 Å². The molecule has 9 nitrogen and oxygen atoms in total. The molecular weight excluding hydrogens is 446 g/mol. The summed E-state index contributed by atoms with van der Waals surface area (Å²) in [6.45, 7) is 6.59. The van der Waals surface area contributed by atoms with Crippen LogP contribution in [0.3, 0.4) is 0 Å². The Labute approximate surface area is 198 Å². The van der Waals surface area contributed by atoms with Gasteiger partial charge in [0, 0.05) is 44.1 Å². The molecule has 4 atom stereocenters. The van der Waals surface area contributed by atoms with E-state index < -0.39 is 5.97 Å². The fraction of sp³-hybridized carbons (Fsp3) is 0.565. The van der Waals surface area contributed by atoms with Crippen molar-refractivity contribution >= 4 is 29.1 Å². The van der Waals surface area contributed by atoms with Crippen molar-refractivity contribution in [2.45, 2.75) is 45.3 Å². The molecule has 0 aliphatic carbocycles. The lowest BCUT2D eigenvalue weighted by Gasteiger charge is -2.38. The number of carboxylic acids is 1. The summed E-state index contributed by atoms with van der Waals surface area (Å²) in [7, 11) is 1.59. The monoisotopic (exact) mass is 475 g/mol. The summed E-state index contributed by atoms with van der Waals surface area (Å²) in [6, 6.07) is 1.80. The number of carbonyl (C=O) groups is 1. The van der Waals surface area contributed by atoms with Crippen LogP contribution < -0.4 is 19.3 Å². The Balaban J connectivity index is 1.38. The van der Waals surface area contributed by atoms with Crippen molar-refractivity contribution in [3.05, 3.63) is 29.7 Å². The normalized spacial score (nSPS) is 25.2. The van der Waals surface area contributed by atoms with Gasteiger partial charge in [0.15, 0.2) is 0 Å². The molecule has 1 N–H and O–H groups in total. The highest BCUT2D eigenvalue weighted by molar-refractivity contribution is 6.33. The summed E-state index contributed by atoms with van der Waals surface area (Å²) in [5, 5.41) is 9.84. The van der Waals surface area contributed by atoms with Gasteiger partial charge in [-0.15, -0.1) is 0 Å². The Kier molecular flexibility index (Phi) is 7.07. The SMILES string of the molecule is COc1cc(N2CC[C@@H](Oc3cnc(N4CC[C@@H](C)[C@@H]4CC(=O)O)cn3)[C@H](C)C2)c(Cl)cn1. The van der Waals surface area contributed by atoms with Gasteiger partial charge in [-0.1, -0.05) is 25.4 Å². The number of ether oxygens (including phenoxy) is 2. The molecule has 4 rings (SSSR count). The number of aromatic nitrogens is 3. The molecule has 0 aromatic carbocycles. The quantitative estimate of drug-likeness (QED) is 0.644. The Morgan fingerprint density at radius 2 is 1.91 bits per heavy atom. The second-order valence-electron chi connectivity index (χ2n) is 8.88. The molecule has 0 saturated carbocycles. The number of pyridine rings is 1. The lowest BCUT2D eigenvalue weighted by Crippen LogP contribution is -2.44. The average Bonchev–Trinajstić information content (AvgIpc) is 3.15. The molecule has 0 radical (unpaired) electrons. The lowest BCUT2D eigenvalue weighted by atomic mass is 9.96. The molecule has 0 bridgehead atoms. The molecule has 2 saturated heterocycles. The average molecular weight is 476 g/mol. The number of carboxylic acid groups (broad SMARTS) is 1. The van der Waals surface area contributed by atoms with Crippen molar-refractivity contribution in [1.82, 2.24) is 15.0 Å². The van der Waals surface area contributed by atoms with Gasteiger partial charge in [-0.3, -0.25) is 4.79 Å². The first-order chi connectivity index (χ1) is 15.9. The number of halogens is 1. The van der Waals surface area contributed by atoms with Gasteiger partial charge in [-0.2, -0.15) is 0 Å². The number of piperidine rings is 1. The maximum absolute atomic E-state index is 11.2. The highest BCUT2D eigenvalue weighted by Crippen LogP contribution is 2.33. The second-order valence-corrected chi connectivity index (χ2v) is 9.29. The van der Waals surface area contributed by atoms with Crippen LogP contribution in [0.25, 0.3) is 0 Å². The van der Waals surface area contributed by atoms with E-state index in [-0.39, 0.29) is 24.5 Å². The first kappa shape index (κ1) is 23.4. The zero-order valence-corrected chi connectivity index (χ0v) is 19.9. The van der Waals surface area contributed by atoms with Crippen molar-refractivity contribution in [1.29, 1.82) is 0 Å². The minimum Gasteiger partial charge on any atom is -0.481 e. The minimum atomic E-state index is -0.793. The zero-order chi connectivity index (χ0) is 23.5. The summed E-state index contributed by atoms with van der Waals surface area (Å²) in [4.78, 5) is 28.7. The van der Waals surface area contributed by atoms with Crippen LogP contribution in [-0.2, 0) is 4.79 Å². The summed E-state index contributed by atoms with van der Waals surface area (Å²) >= 11 is 6.37. The maximum atomic E-state index is 11.2. The van der Waals surface area contributed by atoms with Gasteiger partial charge in [0.25, 0.3) is 0 Å². The Hall–Kier alpha value is -2.81. The van der Waals surface area contributed by atoms with E-state index >= 15 is 0 Å². The Morgan fingerprint density at radius 1 is 1.12 bits per heavy atom. The maximum Gasteiger partial charge on any atom is 0.305 e. The summed E-state index contributed by atoms with van der Waals surface area (Å²) in [5.41, 5.74) is 0.911. The predicted octanol–water partition coefficient (Wildman–Crippen LogP) is 3.52. The van der Waals surface area contributed by atoms with Crippen molar-refractivity contribution < 1.29 is 19.4 Å². The largest absolute Gasteiger partial charge is 0.481 e. The molecule has 4 heterocycles. The Bertz CT molecular complexity index is 976. The molecule has 0 amide bonds. The molecule has 33 heavy (non-hydrogen) atoms. The van der Waals surface area contributed by atoms with E-state index in [4.69, 9.17) is 21.1 Å². The van der Waals surface area contributed by atoms with Crippen LogP contribution in [0, 0.1) is 11.8 Å². The molecule has 0 spiro atoms. The van der Waals surface area contributed by atoms with E-state index in [0.29, 0.717) is 28.5 Å². The van der Waals surface area contributed by atoms with Gasteiger partial charge < -0.3 is 24.4 Å². The topological polar surface area (TPSA) is 101 Å². The molecule has 178 valence electrons. The van der Waals surface area contributed by atoms with Gasteiger partial charge in [-0.25, -0.2) is 15.0 Å². The molecule has 2 fully saturated rings. The summed E-state index contributed by atoms with van der Waals surface area (Å²) in [6.07, 6.45) is 6.81. The van der Waals surface area contributed by atoms with Gasteiger partial charge >= 0.3 is 5.97 Å².